The molecular weight excluding hydrogens is 294 g/mol. The molecule has 1 aromatic heterocycles. The van der Waals surface area contributed by atoms with E-state index in [2.05, 4.69) is 15.5 Å². The minimum absolute atomic E-state index is 0.171. The summed E-state index contributed by atoms with van der Waals surface area (Å²) >= 11 is 0. The molecule has 0 radical (unpaired) electrons. The average molecular weight is 309 g/mol. The van der Waals surface area contributed by atoms with Crippen LogP contribution in [0, 0.1) is 0 Å². The Morgan fingerprint density at radius 2 is 2.00 bits per heavy atom. The predicted octanol–water partition coefficient (Wildman–Crippen LogP) is 2.68. The van der Waals surface area contributed by atoms with Crippen LogP contribution in [-0.4, -0.2) is 23.2 Å². The van der Waals surface area contributed by atoms with Crippen molar-refractivity contribution < 1.29 is 14.1 Å². The number of rotatable bonds is 5. The maximum atomic E-state index is 12.0. The Hall–Kier alpha value is -3.15. The van der Waals surface area contributed by atoms with E-state index >= 15 is 0 Å². The predicted molar refractivity (Wildman–Crippen MR) is 83.9 cm³/mol. The molecule has 3 aromatic rings. The summed E-state index contributed by atoms with van der Waals surface area (Å²) in [6, 6.07) is 16.3. The number of hydrogen-bond acceptors (Lipinski definition) is 5. The molecule has 0 bridgehead atoms. The maximum absolute atomic E-state index is 12.0. The number of benzene rings is 2. The van der Waals surface area contributed by atoms with Crippen LogP contribution in [0.1, 0.15) is 16.2 Å². The molecule has 2 aromatic carbocycles. The molecule has 116 valence electrons. The van der Waals surface area contributed by atoms with Crippen molar-refractivity contribution >= 4 is 5.91 Å². The zero-order valence-electron chi connectivity index (χ0n) is 12.5. The van der Waals surface area contributed by atoms with Crippen LogP contribution in [0.2, 0.25) is 0 Å². The average Bonchev–Trinajstić information content (AvgIpc) is 3.09. The molecule has 0 saturated heterocycles. The van der Waals surface area contributed by atoms with Crippen molar-refractivity contribution in [2.24, 2.45) is 0 Å². The number of nitrogens with one attached hydrogen (secondary N) is 1. The molecular formula is C17H15N3O3. The van der Waals surface area contributed by atoms with Gasteiger partial charge in [0.15, 0.2) is 0 Å². The van der Waals surface area contributed by atoms with Gasteiger partial charge in [0.1, 0.15) is 5.75 Å². The van der Waals surface area contributed by atoms with Crippen molar-refractivity contribution in [1.82, 2.24) is 15.5 Å². The summed E-state index contributed by atoms with van der Waals surface area (Å²) in [5, 5.41) is 6.66. The quantitative estimate of drug-likeness (QED) is 0.784. The van der Waals surface area contributed by atoms with Gasteiger partial charge in [0.05, 0.1) is 13.7 Å². The van der Waals surface area contributed by atoms with Gasteiger partial charge in [0.2, 0.25) is 11.7 Å². The molecule has 23 heavy (non-hydrogen) atoms. The van der Waals surface area contributed by atoms with E-state index < -0.39 is 0 Å². The number of aromatic nitrogens is 2. The third-order valence-electron chi connectivity index (χ3n) is 3.23. The summed E-state index contributed by atoms with van der Waals surface area (Å²) in [4.78, 5) is 16.2. The highest BCUT2D eigenvalue weighted by Crippen LogP contribution is 2.21. The highest BCUT2D eigenvalue weighted by molar-refractivity contribution is 5.93. The number of carbonyl (C=O) groups excluding carboxylic acids is 1. The lowest BCUT2D eigenvalue weighted by molar-refractivity contribution is 0.0946. The Bertz CT molecular complexity index is 800. The van der Waals surface area contributed by atoms with E-state index in [0.29, 0.717) is 23.0 Å². The summed E-state index contributed by atoms with van der Waals surface area (Å²) < 4.78 is 10.3. The first kappa shape index (κ1) is 14.8. The minimum atomic E-state index is -0.188. The van der Waals surface area contributed by atoms with Crippen molar-refractivity contribution in [2.45, 2.75) is 6.54 Å². The van der Waals surface area contributed by atoms with E-state index in [1.54, 1.807) is 19.2 Å². The topological polar surface area (TPSA) is 77.3 Å². The molecule has 0 atom stereocenters. The largest absolute Gasteiger partial charge is 0.497 e. The van der Waals surface area contributed by atoms with Gasteiger partial charge < -0.3 is 14.6 Å². The summed E-state index contributed by atoms with van der Waals surface area (Å²) in [7, 11) is 1.60. The summed E-state index contributed by atoms with van der Waals surface area (Å²) in [5.74, 6) is 1.32. The first-order valence-corrected chi connectivity index (χ1v) is 7.06. The third kappa shape index (κ3) is 3.55. The van der Waals surface area contributed by atoms with Crippen LogP contribution in [0.4, 0.5) is 0 Å². The first-order valence-electron chi connectivity index (χ1n) is 7.06. The lowest BCUT2D eigenvalue weighted by Gasteiger charge is -2.01. The van der Waals surface area contributed by atoms with Crippen LogP contribution in [0.15, 0.2) is 59.1 Å². The summed E-state index contributed by atoms with van der Waals surface area (Å²) in [5.41, 5.74) is 1.37. The molecule has 0 aliphatic carbocycles. The second kappa shape index (κ2) is 6.74. The molecule has 0 unspecified atom stereocenters. The molecule has 1 amide bonds. The van der Waals surface area contributed by atoms with Gasteiger partial charge in [0, 0.05) is 11.1 Å². The van der Waals surface area contributed by atoms with Gasteiger partial charge in [-0.2, -0.15) is 4.98 Å². The zero-order valence-corrected chi connectivity index (χ0v) is 12.5. The van der Waals surface area contributed by atoms with Gasteiger partial charge in [0.25, 0.3) is 5.91 Å². The molecule has 0 fully saturated rings. The third-order valence-corrected chi connectivity index (χ3v) is 3.23. The molecule has 3 rings (SSSR count). The van der Waals surface area contributed by atoms with E-state index in [4.69, 9.17) is 9.26 Å². The Morgan fingerprint density at radius 1 is 1.17 bits per heavy atom. The second-order valence-electron chi connectivity index (χ2n) is 4.79. The molecule has 0 saturated carbocycles. The number of ether oxygens (including phenoxy) is 1. The number of carbonyl (C=O) groups is 1. The normalized spacial score (nSPS) is 10.3. The molecule has 0 spiro atoms. The van der Waals surface area contributed by atoms with Crippen molar-refractivity contribution in [2.75, 3.05) is 7.11 Å². The standard InChI is InChI=1S/C17H15N3O3/c1-22-14-9-5-8-13(10-14)16-19-15(23-20-16)11-18-17(21)12-6-3-2-4-7-12/h2-10H,11H2,1H3,(H,18,21). The SMILES string of the molecule is COc1cccc(-c2noc(CNC(=O)c3ccccc3)n2)c1. The monoisotopic (exact) mass is 309 g/mol. The fourth-order valence-corrected chi connectivity index (χ4v) is 2.05. The number of hydrogen-bond donors (Lipinski definition) is 1. The molecule has 0 aliphatic rings. The molecule has 1 N–H and O–H groups in total. The van der Waals surface area contributed by atoms with Gasteiger partial charge in [-0.15, -0.1) is 0 Å². The lowest BCUT2D eigenvalue weighted by Crippen LogP contribution is -2.22. The van der Waals surface area contributed by atoms with Crippen LogP contribution >= 0.6 is 0 Å². The van der Waals surface area contributed by atoms with Crippen LogP contribution in [-0.2, 0) is 6.54 Å². The van der Waals surface area contributed by atoms with E-state index in [9.17, 15) is 4.79 Å². The van der Waals surface area contributed by atoms with E-state index in [0.717, 1.165) is 5.56 Å². The first-order chi connectivity index (χ1) is 11.3. The van der Waals surface area contributed by atoms with Crippen LogP contribution < -0.4 is 10.1 Å². The maximum Gasteiger partial charge on any atom is 0.251 e. The van der Waals surface area contributed by atoms with E-state index in [1.165, 1.54) is 0 Å². The van der Waals surface area contributed by atoms with Crippen molar-refractivity contribution in [3.05, 3.63) is 66.1 Å². The summed E-state index contributed by atoms with van der Waals surface area (Å²) in [6.45, 7) is 0.171. The minimum Gasteiger partial charge on any atom is -0.497 e. The Kier molecular flexibility index (Phi) is 4.33. The summed E-state index contributed by atoms with van der Waals surface area (Å²) in [6.07, 6.45) is 0. The van der Waals surface area contributed by atoms with Crippen molar-refractivity contribution in [1.29, 1.82) is 0 Å². The second-order valence-corrected chi connectivity index (χ2v) is 4.79. The van der Waals surface area contributed by atoms with Crippen LogP contribution in [0.25, 0.3) is 11.4 Å². The molecule has 6 heteroatoms. The highest BCUT2D eigenvalue weighted by Gasteiger charge is 2.11. The fourth-order valence-electron chi connectivity index (χ4n) is 2.05. The highest BCUT2D eigenvalue weighted by atomic mass is 16.5. The van der Waals surface area contributed by atoms with Gasteiger partial charge in [-0.1, -0.05) is 35.5 Å². The molecule has 6 nitrogen and oxygen atoms in total. The van der Waals surface area contributed by atoms with Gasteiger partial charge in [-0.05, 0) is 24.3 Å². The number of amides is 1. The van der Waals surface area contributed by atoms with Crippen LogP contribution in [0.3, 0.4) is 0 Å². The van der Waals surface area contributed by atoms with Gasteiger partial charge in [-0.3, -0.25) is 4.79 Å². The lowest BCUT2D eigenvalue weighted by atomic mass is 10.2. The Morgan fingerprint density at radius 3 is 2.78 bits per heavy atom. The van der Waals surface area contributed by atoms with E-state index in [-0.39, 0.29) is 12.5 Å². The van der Waals surface area contributed by atoms with Gasteiger partial charge in [-0.25, -0.2) is 0 Å². The number of nitrogens with zero attached hydrogens (tertiary/aromatic N) is 2. The Balaban J connectivity index is 1.66. The van der Waals surface area contributed by atoms with Crippen molar-refractivity contribution in [3.63, 3.8) is 0 Å². The fraction of sp³-hybridized carbons (Fsp3) is 0.118. The zero-order chi connectivity index (χ0) is 16.1. The van der Waals surface area contributed by atoms with Gasteiger partial charge >= 0.3 is 0 Å². The van der Waals surface area contributed by atoms with Crippen LogP contribution in [0.5, 0.6) is 5.75 Å². The Labute approximate surface area is 133 Å². The van der Waals surface area contributed by atoms with Crippen molar-refractivity contribution in [3.8, 4) is 17.1 Å². The molecule has 1 heterocycles. The number of methoxy groups -OCH3 is 1. The molecule has 0 aliphatic heterocycles. The van der Waals surface area contributed by atoms with E-state index in [1.807, 2.05) is 42.5 Å². The smallest absolute Gasteiger partial charge is 0.251 e.